The lowest BCUT2D eigenvalue weighted by Crippen LogP contribution is -2.61. The predicted octanol–water partition coefficient (Wildman–Crippen LogP) is -0.0953. The number of rotatable bonds is 9. The van der Waals surface area contributed by atoms with E-state index in [-0.39, 0.29) is 6.61 Å². The molecule has 4 rings (SSSR count). The molecule has 2 aliphatic rings. The van der Waals surface area contributed by atoms with E-state index in [0.717, 1.165) is 11.1 Å². The van der Waals surface area contributed by atoms with Crippen LogP contribution in [-0.4, -0.2) is 113 Å². The van der Waals surface area contributed by atoms with Crippen LogP contribution in [0, 0.1) is 0 Å². The molecule has 0 bridgehead atoms. The lowest BCUT2D eigenvalue weighted by molar-refractivity contribution is -0.318. The monoisotopic (exact) mass is 564 g/mol. The van der Waals surface area contributed by atoms with Crippen molar-refractivity contribution in [3.8, 4) is 17.2 Å². The molecule has 0 aromatic heterocycles. The van der Waals surface area contributed by atoms with E-state index in [4.69, 9.17) is 28.4 Å². The zero-order chi connectivity index (χ0) is 29.0. The van der Waals surface area contributed by atoms with Gasteiger partial charge >= 0.3 is 0 Å². The van der Waals surface area contributed by atoms with Crippen LogP contribution in [0.25, 0.3) is 12.2 Å². The molecule has 2 aliphatic heterocycles. The van der Waals surface area contributed by atoms with E-state index in [2.05, 4.69) is 0 Å². The van der Waals surface area contributed by atoms with Gasteiger partial charge in [-0.2, -0.15) is 0 Å². The molecular weight excluding hydrogens is 528 g/mol. The highest BCUT2D eigenvalue weighted by atomic mass is 16.7. The highest BCUT2D eigenvalue weighted by Gasteiger charge is 2.47. The average Bonchev–Trinajstić information content (AvgIpc) is 2.97. The third-order valence-corrected chi connectivity index (χ3v) is 6.88. The summed E-state index contributed by atoms with van der Waals surface area (Å²) in [6.07, 6.45) is -9.92. The largest absolute Gasteiger partial charge is 0.497 e. The molecule has 12 nitrogen and oxygen atoms in total. The zero-order valence-corrected chi connectivity index (χ0v) is 22.3. The molecule has 6 N–H and O–H groups in total. The fraction of sp³-hybridized carbons (Fsp3) is 0.500. The van der Waals surface area contributed by atoms with Crippen molar-refractivity contribution in [1.29, 1.82) is 0 Å². The lowest BCUT2D eigenvalue weighted by Gasteiger charge is -2.42. The smallest absolute Gasteiger partial charge is 0.229 e. The van der Waals surface area contributed by atoms with Crippen molar-refractivity contribution in [3.05, 3.63) is 53.6 Å². The van der Waals surface area contributed by atoms with Gasteiger partial charge < -0.3 is 59.1 Å². The van der Waals surface area contributed by atoms with Crippen LogP contribution in [0.1, 0.15) is 18.1 Å². The number of benzene rings is 2. The van der Waals surface area contributed by atoms with Crippen molar-refractivity contribution in [2.45, 2.75) is 68.3 Å². The maximum absolute atomic E-state index is 10.4. The van der Waals surface area contributed by atoms with Crippen molar-refractivity contribution in [3.63, 3.8) is 0 Å². The van der Waals surface area contributed by atoms with Gasteiger partial charge in [0, 0.05) is 6.07 Å². The highest BCUT2D eigenvalue weighted by molar-refractivity contribution is 5.71. The van der Waals surface area contributed by atoms with Gasteiger partial charge in [0.2, 0.25) is 6.29 Å². The van der Waals surface area contributed by atoms with E-state index < -0.39 is 61.4 Å². The highest BCUT2D eigenvalue weighted by Crippen LogP contribution is 2.28. The van der Waals surface area contributed by atoms with E-state index in [1.165, 1.54) is 6.92 Å². The van der Waals surface area contributed by atoms with Gasteiger partial charge in [-0.3, -0.25) is 0 Å². The van der Waals surface area contributed by atoms with Crippen molar-refractivity contribution in [1.82, 2.24) is 0 Å². The first kappa shape index (κ1) is 30.2. The SMILES string of the molecule is COc1cc(/C=C/c2ccc(O[C@@H]3O[C@H](CO[C@@H]4O[C@@H](C)[C@H](O)[C@@H](O)[C@H]4O)[C@@H](O)[C@H](O)[C@H]3O)cc2)cc(OC)c1. The summed E-state index contributed by atoms with van der Waals surface area (Å²) in [5, 5.41) is 61.1. The Bertz CT molecular complexity index is 1100. The molecule has 0 radical (unpaired) electrons. The fourth-order valence-electron chi connectivity index (χ4n) is 4.40. The van der Waals surface area contributed by atoms with Gasteiger partial charge in [-0.25, -0.2) is 0 Å². The molecule has 0 amide bonds. The third kappa shape index (κ3) is 6.92. The van der Waals surface area contributed by atoms with Gasteiger partial charge in [-0.15, -0.1) is 0 Å². The van der Waals surface area contributed by atoms with Crippen LogP contribution < -0.4 is 14.2 Å². The minimum absolute atomic E-state index is 0.337. The van der Waals surface area contributed by atoms with Gasteiger partial charge in [0.1, 0.15) is 60.0 Å². The Morgan fingerprint density at radius 3 is 1.85 bits per heavy atom. The third-order valence-electron chi connectivity index (χ3n) is 6.88. The van der Waals surface area contributed by atoms with E-state index in [1.807, 2.05) is 24.3 Å². The normalized spacial score (nSPS) is 34.5. The van der Waals surface area contributed by atoms with Crippen molar-refractivity contribution in [2.75, 3.05) is 20.8 Å². The summed E-state index contributed by atoms with van der Waals surface area (Å²) in [5.74, 6) is 1.67. The Morgan fingerprint density at radius 1 is 0.650 bits per heavy atom. The number of methoxy groups -OCH3 is 2. The minimum atomic E-state index is -1.61. The van der Waals surface area contributed by atoms with Gasteiger partial charge in [-0.1, -0.05) is 24.3 Å². The Morgan fingerprint density at radius 2 is 1.23 bits per heavy atom. The Labute approximate surface area is 231 Å². The predicted molar refractivity (Wildman–Crippen MR) is 141 cm³/mol. The quantitative estimate of drug-likeness (QED) is 0.223. The second-order valence-electron chi connectivity index (χ2n) is 9.70. The molecular formula is C28H36O12. The lowest BCUT2D eigenvalue weighted by atomic mass is 9.98. The number of hydrogen-bond donors (Lipinski definition) is 6. The Hall–Kier alpha value is -2.78. The summed E-state index contributed by atoms with van der Waals surface area (Å²) in [4.78, 5) is 0. The summed E-state index contributed by atoms with van der Waals surface area (Å²) in [6.45, 7) is 1.13. The number of ether oxygens (including phenoxy) is 6. The fourth-order valence-corrected chi connectivity index (χ4v) is 4.40. The summed E-state index contributed by atoms with van der Waals surface area (Å²) in [6, 6.07) is 12.4. The second kappa shape index (κ2) is 13.3. The van der Waals surface area contributed by atoms with E-state index in [0.29, 0.717) is 17.2 Å². The summed E-state index contributed by atoms with van der Waals surface area (Å²) in [7, 11) is 3.16. The first-order valence-electron chi connectivity index (χ1n) is 12.8. The molecule has 220 valence electrons. The summed E-state index contributed by atoms with van der Waals surface area (Å²) < 4.78 is 32.9. The molecule has 40 heavy (non-hydrogen) atoms. The van der Waals surface area contributed by atoms with Gasteiger partial charge in [0.05, 0.1) is 26.9 Å². The van der Waals surface area contributed by atoms with Gasteiger partial charge in [-0.05, 0) is 42.3 Å². The Balaban J connectivity index is 1.37. The van der Waals surface area contributed by atoms with E-state index in [1.54, 1.807) is 44.6 Å². The zero-order valence-electron chi connectivity index (χ0n) is 22.3. The molecule has 0 saturated carbocycles. The van der Waals surface area contributed by atoms with Crippen LogP contribution in [0.4, 0.5) is 0 Å². The summed E-state index contributed by atoms with van der Waals surface area (Å²) in [5.41, 5.74) is 1.73. The van der Waals surface area contributed by atoms with Crippen LogP contribution in [0.15, 0.2) is 42.5 Å². The molecule has 0 spiro atoms. The second-order valence-corrected chi connectivity index (χ2v) is 9.70. The average molecular weight is 565 g/mol. The standard InChI is InChI=1S/C28H36O12/c1-14-21(29)23(31)25(33)27(38-14)37-13-20-22(30)24(32)26(34)28(40-20)39-17-8-6-15(7-9-17)4-5-16-10-18(35-2)12-19(11-16)36-3/h4-12,14,20-34H,13H2,1-3H3/b5-4+/t14-,20+,21-,22+,23+,24-,25+,26+,27+,28+/m0/s1. The first-order chi connectivity index (χ1) is 19.1. The number of hydrogen-bond acceptors (Lipinski definition) is 12. The number of aliphatic hydroxyl groups excluding tert-OH is 6. The topological polar surface area (TPSA) is 177 Å². The Kier molecular flexibility index (Phi) is 10.0. The molecule has 2 aromatic rings. The van der Waals surface area contributed by atoms with E-state index >= 15 is 0 Å². The maximum atomic E-state index is 10.4. The van der Waals surface area contributed by atoms with E-state index in [9.17, 15) is 30.6 Å². The maximum Gasteiger partial charge on any atom is 0.229 e. The molecule has 2 heterocycles. The van der Waals surface area contributed by atoms with Crippen LogP contribution in [-0.2, 0) is 14.2 Å². The molecule has 2 fully saturated rings. The molecule has 2 saturated heterocycles. The van der Waals surface area contributed by atoms with Crippen LogP contribution in [0.3, 0.4) is 0 Å². The van der Waals surface area contributed by atoms with Crippen molar-refractivity contribution in [2.24, 2.45) is 0 Å². The van der Waals surface area contributed by atoms with Crippen LogP contribution in [0.2, 0.25) is 0 Å². The van der Waals surface area contributed by atoms with Crippen LogP contribution in [0.5, 0.6) is 17.2 Å². The minimum Gasteiger partial charge on any atom is -0.497 e. The van der Waals surface area contributed by atoms with Gasteiger partial charge in [0.25, 0.3) is 0 Å². The molecule has 2 aromatic carbocycles. The molecule has 10 atom stereocenters. The molecule has 0 aliphatic carbocycles. The molecule has 12 heteroatoms. The van der Waals surface area contributed by atoms with Crippen LogP contribution >= 0.6 is 0 Å². The van der Waals surface area contributed by atoms with Crippen molar-refractivity contribution < 1.29 is 59.1 Å². The number of aliphatic hydroxyl groups is 6. The van der Waals surface area contributed by atoms with Gasteiger partial charge in [0.15, 0.2) is 6.29 Å². The first-order valence-corrected chi connectivity index (χ1v) is 12.8. The van der Waals surface area contributed by atoms with Crippen molar-refractivity contribution >= 4 is 12.2 Å². The molecule has 0 unspecified atom stereocenters. The summed E-state index contributed by atoms with van der Waals surface area (Å²) >= 11 is 0.